The number of urea groups is 1. The molecule has 132 valence electrons. The summed E-state index contributed by atoms with van der Waals surface area (Å²) in [5.41, 5.74) is 1.20. The Bertz CT molecular complexity index is 530. The van der Waals surface area contributed by atoms with Crippen molar-refractivity contribution in [3.8, 4) is 5.75 Å². The van der Waals surface area contributed by atoms with Gasteiger partial charge in [0, 0.05) is 18.9 Å². The lowest BCUT2D eigenvalue weighted by atomic mass is 9.90. The zero-order valence-corrected chi connectivity index (χ0v) is 14.2. The van der Waals surface area contributed by atoms with Gasteiger partial charge in [-0.2, -0.15) is 0 Å². The van der Waals surface area contributed by atoms with Crippen LogP contribution in [0.15, 0.2) is 24.3 Å². The Labute approximate surface area is 142 Å². The quantitative estimate of drug-likeness (QED) is 0.811. The van der Waals surface area contributed by atoms with E-state index in [1.165, 1.54) is 5.56 Å². The number of aryl methyl sites for hydroxylation is 1. The summed E-state index contributed by atoms with van der Waals surface area (Å²) < 4.78 is 17.0. The lowest BCUT2D eigenvalue weighted by Crippen LogP contribution is -2.47. The summed E-state index contributed by atoms with van der Waals surface area (Å²) in [6.45, 7) is 4.32. The predicted molar refractivity (Wildman–Crippen MR) is 90.1 cm³/mol. The van der Waals surface area contributed by atoms with Gasteiger partial charge >= 0.3 is 6.03 Å². The van der Waals surface area contributed by atoms with E-state index in [0.717, 1.165) is 31.4 Å². The molecule has 1 heterocycles. The van der Waals surface area contributed by atoms with E-state index in [0.29, 0.717) is 26.4 Å². The van der Waals surface area contributed by atoms with Gasteiger partial charge in [-0.05, 0) is 31.9 Å². The molecule has 24 heavy (non-hydrogen) atoms. The number of hydrogen-bond acceptors (Lipinski definition) is 4. The van der Waals surface area contributed by atoms with Crippen LogP contribution in [-0.2, 0) is 9.47 Å². The number of carbonyl (C=O) groups is 1. The van der Waals surface area contributed by atoms with Crippen molar-refractivity contribution in [3.05, 3.63) is 29.8 Å². The third-order valence-corrected chi connectivity index (χ3v) is 4.57. The minimum atomic E-state index is -0.378. The van der Waals surface area contributed by atoms with Gasteiger partial charge in [-0.3, -0.25) is 0 Å². The standard InChI is InChI=1S/C18H26N2O4/c1-14-2-4-16(5-3-14)22-11-10-19-17(21)20-15-6-8-18(9-7-15)23-12-13-24-18/h2-5,15H,6-13H2,1H3,(H2,19,20,21). The minimum Gasteiger partial charge on any atom is -0.492 e. The van der Waals surface area contributed by atoms with Gasteiger partial charge in [0.15, 0.2) is 5.79 Å². The van der Waals surface area contributed by atoms with E-state index in [1.807, 2.05) is 31.2 Å². The van der Waals surface area contributed by atoms with Crippen LogP contribution in [0.2, 0.25) is 0 Å². The molecule has 1 saturated carbocycles. The Morgan fingerprint density at radius 3 is 2.54 bits per heavy atom. The van der Waals surface area contributed by atoms with Crippen molar-refractivity contribution >= 4 is 6.03 Å². The van der Waals surface area contributed by atoms with Crippen molar-refractivity contribution in [1.82, 2.24) is 10.6 Å². The summed E-state index contributed by atoms with van der Waals surface area (Å²) in [5, 5.41) is 5.85. The van der Waals surface area contributed by atoms with Crippen LogP contribution in [0.25, 0.3) is 0 Å². The lowest BCUT2D eigenvalue weighted by molar-refractivity contribution is -0.179. The normalized spacial score (nSPS) is 20.0. The molecule has 0 unspecified atom stereocenters. The highest BCUT2D eigenvalue weighted by molar-refractivity contribution is 5.74. The van der Waals surface area contributed by atoms with Gasteiger partial charge in [-0.1, -0.05) is 17.7 Å². The molecule has 1 aromatic rings. The molecule has 2 aliphatic rings. The fourth-order valence-corrected chi connectivity index (χ4v) is 3.19. The molecule has 1 aromatic carbocycles. The Kier molecular flexibility index (Phi) is 5.58. The van der Waals surface area contributed by atoms with E-state index in [-0.39, 0.29) is 17.9 Å². The average Bonchev–Trinajstić information content (AvgIpc) is 3.04. The predicted octanol–water partition coefficient (Wildman–Crippen LogP) is 2.36. The molecule has 0 atom stereocenters. The van der Waals surface area contributed by atoms with Gasteiger partial charge in [0.05, 0.1) is 19.8 Å². The maximum absolute atomic E-state index is 11.9. The van der Waals surface area contributed by atoms with Crippen LogP contribution in [0.1, 0.15) is 31.2 Å². The second-order valence-corrected chi connectivity index (χ2v) is 6.44. The third kappa shape index (κ3) is 4.61. The molecule has 1 saturated heterocycles. The fraction of sp³-hybridized carbons (Fsp3) is 0.611. The third-order valence-electron chi connectivity index (χ3n) is 4.57. The maximum atomic E-state index is 11.9. The molecule has 2 amide bonds. The van der Waals surface area contributed by atoms with Crippen LogP contribution in [-0.4, -0.2) is 44.2 Å². The van der Waals surface area contributed by atoms with Gasteiger partial charge in [0.2, 0.25) is 0 Å². The van der Waals surface area contributed by atoms with Crippen LogP contribution >= 0.6 is 0 Å². The highest BCUT2D eigenvalue weighted by atomic mass is 16.7. The van der Waals surface area contributed by atoms with Crippen molar-refractivity contribution in [2.45, 2.75) is 44.4 Å². The lowest BCUT2D eigenvalue weighted by Gasteiger charge is -2.35. The number of ether oxygens (including phenoxy) is 3. The zero-order valence-electron chi connectivity index (χ0n) is 14.2. The van der Waals surface area contributed by atoms with Crippen molar-refractivity contribution in [2.24, 2.45) is 0 Å². The SMILES string of the molecule is Cc1ccc(OCCNC(=O)NC2CCC3(CC2)OCCO3)cc1. The molecule has 1 aliphatic carbocycles. The highest BCUT2D eigenvalue weighted by Gasteiger charge is 2.40. The number of benzene rings is 1. The first-order valence-corrected chi connectivity index (χ1v) is 8.67. The van der Waals surface area contributed by atoms with E-state index < -0.39 is 0 Å². The van der Waals surface area contributed by atoms with Gasteiger partial charge in [0.25, 0.3) is 0 Å². The van der Waals surface area contributed by atoms with Crippen LogP contribution < -0.4 is 15.4 Å². The Morgan fingerprint density at radius 1 is 1.21 bits per heavy atom. The Hall–Kier alpha value is -1.79. The van der Waals surface area contributed by atoms with Crippen molar-refractivity contribution in [2.75, 3.05) is 26.4 Å². The van der Waals surface area contributed by atoms with E-state index in [1.54, 1.807) is 0 Å². The monoisotopic (exact) mass is 334 g/mol. The molecule has 1 spiro atoms. The largest absolute Gasteiger partial charge is 0.492 e. The first kappa shape index (κ1) is 17.0. The molecule has 3 rings (SSSR count). The number of hydrogen-bond donors (Lipinski definition) is 2. The van der Waals surface area contributed by atoms with Gasteiger partial charge in [0.1, 0.15) is 12.4 Å². The first-order chi connectivity index (χ1) is 11.7. The minimum absolute atomic E-state index is 0.142. The van der Waals surface area contributed by atoms with Crippen molar-refractivity contribution in [1.29, 1.82) is 0 Å². The summed E-state index contributed by atoms with van der Waals surface area (Å²) in [5.74, 6) is 0.438. The van der Waals surface area contributed by atoms with Crippen molar-refractivity contribution < 1.29 is 19.0 Å². The molecule has 2 fully saturated rings. The van der Waals surface area contributed by atoms with Gasteiger partial charge < -0.3 is 24.8 Å². The molecule has 0 radical (unpaired) electrons. The number of amides is 2. The fourth-order valence-electron chi connectivity index (χ4n) is 3.19. The molecule has 2 N–H and O–H groups in total. The summed E-state index contributed by atoms with van der Waals surface area (Å²) in [7, 11) is 0. The second-order valence-electron chi connectivity index (χ2n) is 6.44. The molecule has 1 aliphatic heterocycles. The Balaban J connectivity index is 1.29. The van der Waals surface area contributed by atoms with E-state index in [9.17, 15) is 4.79 Å². The second kappa shape index (κ2) is 7.85. The number of carbonyl (C=O) groups excluding carboxylic acids is 1. The molecular weight excluding hydrogens is 308 g/mol. The molecular formula is C18H26N2O4. The number of nitrogens with one attached hydrogen (secondary N) is 2. The molecule has 0 aromatic heterocycles. The van der Waals surface area contributed by atoms with Crippen LogP contribution in [0.3, 0.4) is 0 Å². The summed E-state index contributed by atoms with van der Waals surface area (Å²) >= 11 is 0. The first-order valence-electron chi connectivity index (χ1n) is 8.67. The smallest absolute Gasteiger partial charge is 0.315 e. The van der Waals surface area contributed by atoms with Crippen molar-refractivity contribution in [3.63, 3.8) is 0 Å². The molecule has 0 bridgehead atoms. The maximum Gasteiger partial charge on any atom is 0.315 e. The van der Waals surface area contributed by atoms with Crippen LogP contribution in [0.5, 0.6) is 5.75 Å². The van der Waals surface area contributed by atoms with Crippen LogP contribution in [0, 0.1) is 6.92 Å². The van der Waals surface area contributed by atoms with Gasteiger partial charge in [-0.15, -0.1) is 0 Å². The van der Waals surface area contributed by atoms with E-state index in [2.05, 4.69) is 10.6 Å². The van der Waals surface area contributed by atoms with Gasteiger partial charge in [-0.25, -0.2) is 4.79 Å². The topological polar surface area (TPSA) is 68.8 Å². The zero-order chi connectivity index (χ0) is 16.8. The Morgan fingerprint density at radius 2 is 1.88 bits per heavy atom. The summed E-state index contributed by atoms with van der Waals surface area (Å²) in [6.07, 6.45) is 3.45. The summed E-state index contributed by atoms with van der Waals surface area (Å²) in [6, 6.07) is 7.91. The molecule has 6 nitrogen and oxygen atoms in total. The van der Waals surface area contributed by atoms with Crippen LogP contribution in [0.4, 0.5) is 4.79 Å². The average molecular weight is 334 g/mol. The molecule has 6 heteroatoms. The summed E-state index contributed by atoms with van der Waals surface area (Å²) in [4.78, 5) is 11.9. The van der Waals surface area contributed by atoms with E-state index >= 15 is 0 Å². The number of rotatable bonds is 5. The highest BCUT2D eigenvalue weighted by Crippen LogP contribution is 2.35. The van der Waals surface area contributed by atoms with E-state index in [4.69, 9.17) is 14.2 Å².